The van der Waals surface area contributed by atoms with Gasteiger partial charge in [0.15, 0.2) is 0 Å². The van der Waals surface area contributed by atoms with Crippen molar-refractivity contribution in [1.29, 1.82) is 0 Å². The molecule has 25 heavy (non-hydrogen) atoms. The molecule has 0 saturated carbocycles. The highest BCUT2D eigenvalue weighted by molar-refractivity contribution is 5.83. The fourth-order valence-corrected chi connectivity index (χ4v) is 2.83. The van der Waals surface area contributed by atoms with Crippen molar-refractivity contribution >= 4 is 16.7 Å². The van der Waals surface area contributed by atoms with Crippen molar-refractivity contribution < 1.29 is 14.3 Å². The summed E-state index contributed by atoms with van der Waals surface area (Å²) in [7, 11) is 0. The van der Waals surface area contributed by atoms with E-state index in [4.69, 9.17) is 0 Å². The number of halogens is 1. The molecule has 3 rings (SSSR count). The molecular formula is C21H20FNO2. The number of aryl methyl sites for hydroxylation is 1. The molecule has 0 aromatic heterocycles. The third-order valence-corrected chi connectivity index (χ3v) is 4.25. The monoisotopic (exact) mass is 337 g/mol. The Morgan fingerprint density at radius 1 is 1.00 bits per heavy atom. The smallest absolute Gasteiger partial charge is 0.220 e. The number of hydrogen-bond acceptors (Lipinski definition) is 2. The van der Waals surface area contributed by atoms with Crippen LogP contribution in [0.4, 0.5) is 4.39 Å². The van der Waals surface area contributed by atoms with Crippen molar-refractivity contribution in [2.45, 2.75) is 18.9 Å². The Labute approximate surface area is 146 Å². The van der Waals surface area contributed by atoms with Crippen molar-refractivity contribution in [2.24, 2.45) is 0 Å². The lowest BCUT2D eigenvalue weighted by Crippen LogP contribution is -2.30. The number of aliphatic hydroxyl groups is 1. The fraction of sp³-hybridized carbons (Fsp3) is 0.190. The van der Waals surface area contributed by atoms with Crippen LogP contribution >= 0.6 is 0 Å². The molecule has 0 aliphatic heterocycles. The summed E-state index contributed by atoms with van der Waals surface area (Å²) in [6.45, 7) is -0.166. The summed E-state index contributed by atoms with van der Waals surface area (Å²) < 4.78 is 12.9. The Bertz CT molecular complexity index is 861. The summed E-state index contributed by atoms with van der Waals surface area (Å²) in [5.74, 6) is -0.429. The van der Waals surface area contributed by atoms with Crippen molar-refractivity contribution in [3.8, 4) is 0 Å². The molecule has 1 atom stereocenters. The van der Waals surface area contributed by atoms with Crippen molar-refractivity contribution in [3.63, 3.8) is 0 Å². The maximum atomic E-state index is 12.9. The van der Waals surface area contributed by atoms with E-state index >= 15 is 0 Å². The lowest BCUT2D eigenvalue weighted by Gasteiger charge is -2.17. The number of fused-ring (bicyclic) bond motifs is 1. The highest BCUT2D eigenvalue weighted by Gasteiger charge is 2.14. The zero-order valence-electron chi connectivity index (χ0n) is 13.8. The molecule has 0 heterocycles. The van der Waals surface area contributed by atoms with Crippen molar-refractivity contribution in [1.82, 2.24) is 5.32 Å². The van der Waals surface area contributed by atoms with Crippen LogP contribution in [0.15, 0.2) is 66.7 Å². The Morgan fingerprint density at radius 2 is 1.72 bits per heavy atom. The largest absolute Gasteiger partial charge is 0.394 e. The molecule has 0 fully saturated rings. The van der Waals surface area contributed by atoms with Crippen molar-refractivity contribution in [2.75, 3.05) is 6.61 Å². The molecular weight excluding hydrogens is 317 g/mol. The molecule has 0 aliphatic rings. The van der Waals surface area contributed by atoms with Crippen molar-refractivity contribution in [3.05, 3.63) is 83.7 Å². The predicted molar refractivity (Wildman–Crippen MR) is 96.6 cm³/mol. The maximum Gasteiger partial charge on any atom is 0.220 e. The fourth-order valence-electron chi connectivity index (χ4n) is 2.83. The summed E-state index contributed by atoms with van der Waals surface area (Å²) in [6, 6.07) is 19.5. The summed E-state index contributed by atoms with van der Waals surface area (Å²) in [5.41, 5.74) is 1.78. The lowest BCUT2D eigenvalue weighted by atomic mass is 10.0. The molecule has 0 aliphatic carbocycles. The van der Waals surface area contributed by atoms with Crippen LogP contribution in [0.3, 0.4) is 0 Å². The predicted octanol–water partition coefficient (Wildman–Crippen LogP) is 3.76. The first kappa shape index (κ1) is 17.1. The van der Waals surface area contributed by atoms with E-state index in [9.17, 15) is 14.3 Å². The molecule has 0 spiro atoms. The zero-order chi connectivity index (χ0) is 17.6. The Morgan fingerprint density at radius 3 is 2.44 bits per heavy atom. The number of nitrogens with one attached hydrogen (secondary N) is 1. The molecule has 128 valence electrons. The summed E-state index contributed by atoms with van der Waals surface area (Å²) >= 11 is 0. The van der Waals surface area contributed by atoms with Crippen LogP contribution < -0.4 is 5.32 Å². The van der Waals surface area contributed by atoms with Crippen LogP contribution in [0.5, 0.6) is 0 Å². The zero-order valence-corrected chi connectivity index (χ0v) is 13.8. The van der Waals surface area contributed by atoms with Gasteiger partial charge in [0.25, 0.3) is 0 Å². The van der Waals surface area contributed by atoms with E-state index in [-0.39, 0.29) is 24.8 Å². The Balaban J connectivity index is 1.64. The standard InChI is InChI=1S/C21H20FNO2/c22-19-10-5-15(6-11-19)7-12-21(25)23-20(14-24)18-9-8-16-3-1-2-4-17(16)13-18/h1-6,8-11,13,20,24H,7,12,14H2,(H,23,25)/t20-/m0/s1. The van der Waals surface area contributed by atoms with E-state index in [0.29, 0.717) is 6.42 Å². The molecule has 0 saturated heterocycles. The Kier molecular flexibility index (Phi) is 5.41. The second-order valence-corrected chi connectivity index (χ2v) is 6.04. The summed E-state index contributed by atoms with van der Waals surface area (Å²) in [6.07, 6.45) is 0.817. The third kappa shape index (κ3) is 4.43. The minimum Gasteiger partial charge on any atom is -0.394 e. The van der Waals surface area contributed by atoms with Gasteiger partial charge in [-0.2, -0.15) is 0 Å². The van der Waals surface area contributed by atoms with Gasteiger partial charge in [-0.1, -0.05) is 48.5 Å². The number of benzene rings is 3. The SMILES string of the molecule is O=C(CCc1ccc(F)cc1)N[C@@H](CO)c1ccc2ccccc2c1. The third-order valence-electron chi connectivity index (χ3n) is 4.25. The van der Waals surface area contributed by atoms with Gasteiger partial charge in [-0.15, -0.1) is 0 Å². The molecule has 3 aromatic rings. The highest BCUT2D eigenvalue weighted by Crippen LogP contribution is 2.20. The first-order chi connectivity index (χ1) is 12.2. The average Bonchev–Trinajstić information content (AvgIpc) is 2.65. The Hall–Kier alpha value is -2.72. The number of rotatable bonds is 6. The number of amides is 1. The lowest BCUT2D eigenvalue weighted by molar-refractivity contribution is -0.122. The second-order valence-electron chi connectivity index (χ2n) is 6.04. The van der Waals surface area contributed by atoms with E-state index in [1.807, 2.05) is 42.5 Å². The molecule has 0 radical (unpaired) electrons. The number of carbonyl (C=O) groups is 1. The van der Waals surface area contributed by atoms with Crippen LogP contribution in [0.25, 0.3) is 10.8 Å². The van der Waals surface area contributed by atoms with Gasteiger partial charge in [-0.05, 0) is 46.5 Å². The second kappa shape index (κ2) is 7.90. The van der Waals surface area contributed by atoms with E-state index in [1.165, 1.54) is 12.1 Å². The van der Waals surface area contributed by atoms with Gasteiger partial charge < -0.3 is 10.4 Å². The molecule has 1 amide bonds. The molecule has 4 heteroatoms. The van der Waals surface area contributed by atoms with Gasteiger partial charge in [-0.25, -0.2) is 4.39 Å². The minimum absolute atomic E-state index is 0.142. The topological polar surface area (TPSA) is 49.3 Å². The summed E-state index contributed by atoms with van der Waals surface area (Å²) in [5, 5.41) is 14.7. The minimum atomic E-state index is -0.440. The molecule has 0 bridgehead atoms. The van der Waals surface area contributed by atoms with Gasteiger partial charge in [0.2, 0.25) is 5.91 Å². The first-order valence-corrected chi connectivity index (χ1v) is 8.29. The van der Waals surface area contributed by atoms with Gasteiger partial charge in [-0.3, -0.25) is 4.79 Å². The molecule has 3 aromatic carbocycles. The van der Waals surface area contributed by atoms with Gasteiger partial charge in [0, 0.05) is 6.42 Å². The maximum absolute atomic E-state index is 12.9. The number of hydrogen-bond donors (Lipinski definition) is 2. The molecule has 0 unspecified atom stereocenters. The summed E-state index contributed by atoms with van der Waals surface area (Å²) in [4.78, 5) is 12.2. The van der Waals surface area contributed by atoms with Gasteiger partial charge in [0.05, 0.1) is 12.6 Å². The highest BCUT2D eigenvalue weighted by atomic mass is 19.1. The van der Waals surface area contributed by atoms with Crippen LogP contribution in [0.1, 0.15) is 23.6 Å². The van der Waals surface area contributed by atoms with Crippen LogP contribution in [0, 0.1) is 5.82 Å². The van der Waals surface area contributed by atoms with Gasteiger partial charge >= 0.3 is 0 Å². The number of aliphatic hydroxyl groups excluding tert-OH is 1. The van der Waals surface area contributed by atoms with E-state index in [0.717, 1.165) is 21.9 Å². The molecule has 3 nitrogen and oxygen atoms in total. The molecule has 2 N–H and O–H groups in total. The normalized spacial score (nSPS) is 12.1. The van der Waals surface area contributed by atoms with Crippen LogP contribution in [-0.4, -0.2) is 17.6 Å². The average molecular weight is 337 g/mol. The van der Waals surface area contributed by atoms with E-state index in [2.05, 4.69) is 5.32 Å². The van der Waals surface area contributed by atoms with E-state index in [1.54, 1.807) is 12.1 Å². The van der Waals surface area contributed by atoms with Crippen LogP contribution in [-0.2, 0) is 11.2 Å². The quantitative estimate of drug-likeness (QED) is 0.719. The van der Waals surface area contributed by atoms with Crippen LogP contribution in [0.2, 0.25) is 0 Å². The number of carbonyl (C=O) groups excluding carboxylic acids is 1. The first-order valence-electron chi connectivity index (χ1n) is 8.29. The van der Waals surface area contributed by atoms with E-state index < -0.39 is 6.04 Å². The van der Waals surface area contributed by atoms with Gasteiger partial charge in [0.1, 0.15) is 5.82 Å².